The van der Waals surface area contributed by atoms with Gasteiger partial charge in [-0.05, 0) is 52.4 Å². The fraction of sp³-hybridized carbons (Fsp3) is 0.133. The Morgan fingerprint density at radius 1 is 1.16 bits per heavy atom. The van der Waals surface area contributed by atoms with Crippen LogP contribution in [-0.2, 0) is 6.54 Å². The average Bonchev–Trinajstić information content (AvgIpc) is 2.45. The molecule has 0 amide bonds. The first-order valence-corrected chi connectivity index (χ1v) is 6.94. The molecule has 19 heavy (non-hydrogen) atoms. The molecule has 0 aliphatic carbocycles. The van der Waals surface area contributed by atoms with Crippen molar-refractivity contribution in [3.63, 3.8) is 0 Å². The highest BCUT2D eigenvalue weighted by molar-refractivity contribution is 14.1. The fourth-order valence-corrected chi connectivity index (χ4v) is 2.24. The lowest BCUT2D eigenvalue weighted by Gasteiger charge is -2.09. The van der Waals surface area contributed by atoms with Crippen molar-refractivity contribution >= 4 is 28.3 Å². The van der Waals surface area contributed by atoms with Gasteiger partial charge >= 0.3 is 0 Å². The summed E-state index contributed by atoms with van der Waals surface area (Å²) in [7, 11) is 0. The van der Waals surface area contributed by atoms with Gasteiger partial charge in [0.15, 0.2) is 6.61 Å². The van der Waals surface area contributed by atoms with Gasteiger partial charge in [0.25, 0.3) is 0 Å². The van der Waals surface area contributed by atoms with E-state index in [0.29, 0.717) is 0 Å². The normalized spacial score (nSPS) is 9.68. The van der Waals surface area contributed by atoms with Crippen molar-refractivity contribution in [2.75, 3.05) is 11.9 Å². The Labute approximate surface area is 126 Å². The molecular weight excluding hydrogens is 351 g/mol. The molecule has 96 valence electrons. The Kier molecular flexibility index (Phi) is 5.04. The quantitative estimate of drug-likeness (QED) is 0.821. The van der Waals surface area contributed by atoms with Gasteiger partial charge < -0.3 is 10.1 Å². The molecule has 2 aromatic rings. The van der Waals surface area contributed by atoms with Crippen LogP contribution in [0.2, 0.25) is 0 Å². The molecule has 0 aromatic heterocycles. The average molecular weight is 364 g/mol. The van der Waals surface area contributed by atoms with Gasteiger partial charge in [0, 0.05) is 15.8 Å². The number of nitrogens with one attached hydrogen (secondary N) is 1. The van der Waals surface area contributed by atoms with E-state index < -0.39 is 0 Å². The van der Waals surface area contributed by atoms with E-state index in [1.54, 1.807) is 0 Å². The van der Waals surface area contributed by atoms with E-state index in [9.17, 15) is 0 Å². The maximum absolute atomic E-state index is 8.49. The van der Waals surface area contributed by atoms with Gasteiger partial charge in [-0.1, -0.05) is 24.3 Å². The SMILES string of the molecule is N#CCOc1cccc(CNc2ccccc2I)c1. The van der Waals surface area contributed by atoms with E-state index in [-0.39, 0.29) is 6.61 Å². The minimum atomic E-state index is 0.0769. The Morgan fingerprint density at radius 2 is 2.00 bits per heavy atom. The molecule has 0 bridgehead atoms. The van der Waals surface area contributed by atoms with E-state index >= 15 is 0 Å². The minimum absolute atomic E-state index is 0.0769. The molecular formula is C15H13IN2O. The van der Waals surface area contributed by atoms with Gasteiger partial charge in [-0.25, -0.2) is 0 Å². The third-order valence-electron chi connectivity index (χ3n) is 2.56. The summed E-state index contributed by atoms with van der Waals surface area (Å²) in [4.78, 5) is 0. The van der Waals surface area contributed by atoms with Crippen LogP contribution in [-0.4, -0.2) is 6.61 Å². The van der Waals surface area contributed by atoms with Crippen molar-refractivity contribution in [2.24, 2.45) is 0 Å². The van der Waals surface area contributed by atoms with Crippen LogP contribution in [0, 0.1) is 14.9 Å². The van der Waals surface area contributed by atoms with E-state index in [0.717, 1.165) is 23.5 Å². The third-order valence-corrected chi connectivity index (χ3v) is 3.50. The van der Waals surface area contributed by atoms with Gasteiger partial charge in [0.2, 0.25) is 0 Å². The number of benzene rings is 2. The first-order valence-electron chi connectivity index (χ1n) is 5.86. The van der Waals surface area contributed by atoms with Crippen molar-refractivity contribution in [3.8, 4) is 11.8 Å². The Morgan fingerprint density at radius 3 is 2.79 bits per heavy atom. The zero-order valence-corrected chi connectivity index (χ0v) is 12.4. The van der Waals surface area contributed by atoms with Gasteiger partial charge in [-0.2, -0.15) is 5.26 Å². The van der Waals surface area contributed by atoms with Crippen LogP contribution in [0.4, 0.5) is 5.69 Å². The topological polar surface area (TPSA) is 45.0 Å². The molecule has 0 heterocycles. The van der Waals surface area contributed by atoms with E-state index in [1.807, 2.05) is 42.5 Å². The number of hydrogen-bond donors (Lipinski definition) is 1. The second-order valence-corrected chi connectivity index (χ2v) is 5.09. The van der Waals surface area contributed by atoms with Crippen molar-refractivity contribution in [1.29, 1.82) is 5.26 Å². The standard InChI is InChI=1S/C15H13IN2O/c16-14-6-1-2-7-15(14)18-11-12-4-3-5-13(10-12)19-9-8-17/h1-7,10,18H,9,11H2. The number of halogens is 1. The van der Waals surface area contributed by atoms with Crippen LogP contribution < -0.4 is 10.1 Å². The molecule has 2 aromatic carbocycles. The highest BCUT2D eigenvalue weighted by atomic mass is 127. The minimum Gasteiger partial charge on any atom is -0.479 e. The van der Waals surface area contributed by atoms with E-state index in [4.69, 9.17) is 10.00 Å². The zero-order chi connectivity index (χ0) is 13.5. The summed E-state index contributed by atoms with van der Waals surface area (Å²) in [6, 6.07) is 17.9. The van der Waals surface area contributed by atoms with Crippen molar-refractivity contribution in [2.45, 2.75) is 6.54 Å². The molecule has 2 rings (SSSR count). The summed E-state index contributed by atoms with van der Waals surface area (Å²) in [5.74, 6) is 0.726. The molecule has 0 aliphatic rings. The lowest BCUT2D eigenvalue weighted by atomic mass is 10.2. The van der Waals surface area contributed by atoms with Gasteiger partial charge in [0.05, 0.1) is 0 Å². The molecule has 0 radical (unpaired) electrons. The lowest BCUT2D eigenvalue weighted by Crippen LogP contribution is -2.01. The number of anilines is 1. The van der Waals surface area contributed by atoms with Crippen LogP contribution in [0.25, 0.3) is 0 Å². The highest BCUT2D eigenvalue weighted by Crippen LogP contribution is 2.19. The van der Waals surface area contributed by atoms with Gasteiger partial charge in [0.1, 0.15) is 11.8 Å². The summed E-state index contributed by atoms with van der Waals surface area (Å²) in [6.07, 6.45) is 0. The first-order chi connectivity index (χ1) is 9.29. The van der Waals surface area contributed by atoms with Crippen LogP contribution in [0.1, 0.15) is 5.56 Å². The van der Waals surface area contributed by atoms with E-state index in [1.165, 1.54) is 3.57 Å². The molecule has 0 atom stereocenters. The molecule has 4 heteroatoms. The zero-order valence-electron chi connectivity index (χ0n) is 10.3. The van der Waals surface area contributed by atoms with Crippen LogP contribution in [0.5, 0.6) is 5.75 Å². The summed E-state index contributed by atoms with van der Waals surface area (Å²) in [6.45, 7) is 0.803. The van der Waals surface area contributed by atoms with Crippen LogP contribution in [0.3, 0.4) is 0 Å². The number of nitrogens with zero attached hydrogens (tertiary/aromatic N) is 1. The smallest absolute Gasteiger partial charge is 0.174 e. The molecule has 0 fully saturated rings. The number of hydrogen-bond acceptors (Lipinski definition) is 3. The number of rotatable bonds is 5. The molecule has 1 N–H and O–H groups in total. The largest absolute Gasteiger partial charge is 0.479 e. The van der Waals surface area contributed by atoms with Crippen LogP contribution in [0.15, 0.2) is 48.5 Å². The molecule has 0 unspecified atom stereocenters. The molecule has 0 spiro atoms. The predicted octanol–water partition coefficient (Wildman–Crippen LogP) is 3.81. The summed E-state index contributed by atoms with van der Waals surface area (Å²) in [5.41, 5.74) is 2.24. The monoisotopic (exact) mass is 364 g/mol. The number of nitriles is 1. The van der Waals surface area contributed by atoms with Crippen LogP contribution >= 0.6 is 22.6 Å². The molecule has 3 nitrogen and oxygen atoms in total. The van der Waals surface area contributed by atoms with Crippen molar-refractivity contribution in [1.82, 2.24) is 0 Å². The Balaban J connectivity index is 2.00. The maximum atomic E-state index is 8.49. The summed E-state index contributed by atoms with van der Waals surface area (Å²) in [5, 5.41) is 11.9. The molecule has 0 saturated heterocycles. The molecule has 0 saturated carbocycles. The first kappa shape index (κ1) is 13.7. The fourth-order valence-electron chi connectivity index (χ4n) is 1.66. The highest BCUT2D eigenvalue weighted by Gasteiger charge is 2.00. The number of para-hydroxylation sites is 1. The van der Waals surface area contributed by atoms with Gasteiger partial charge in [-0.15, -0.1) is 0 Å². The Bertz CT molecular complexity index is 593. The number of ether oxygens (including phenoxy) is 1. The lowest BCUT2D eigenvalue weighted by molar-refractivity contribution is 0.368. The van der Waals surface area contributed by atoms with E-state index in [2.05, 4.69) is 40.0 Å². The second-order valence-electron chi connectivity index (χ2n) is 3.93. The second kappa shape index (κ2) is 7.00. The van der Waals surface area contributed by atoms with Crippen molar-refractivity contribution < 1.29 is 4.74 Å². The predicted molar refractivity (Wildman–Crippen MR) is 84.0 cm³/mol. The molecule has 0 aliphatic heterocycles. The van der Waals surface area contributed by atoms with Crippen molar-refractivity contribution in [3.05, 3.63) is 57.7 Å². The van der Waals surface area contributed by atoms with Gasteiger partial charge in [-0.3, -0.25) is 0 Å². The third kappa shape index (κ3) is 4.14. The summed E-state index contributed by atoms with van der Waals surface area (Å²) < 4.78 is 6.47. The summed E-state index contributed by atoms with van der Waals surface area (Å²) >= 11 is 2.30. The Hall–Kier alpha value is -1.74. The maximum Gasteiger partial charge on any atom is 0.174 e.